The molecule has 10 nitrogen and oxygen atoms in total. The van der Waals surface area contributed by atoms with Crippen molar-refractivity contribution in [2.24, 2.45) is 17.3 Å². The molecule has 5 atom stereocenters. The van der Waals surface area contributed by atoms with Gasteiger partial charge in [0.25, 0.3) is 0 Å². The molecule has 1 N–H and O–H groups in total. The summed E-state index contributed by atoms with van der Waals surface area (Å²) < 4.78 is 62.0. The van der Waals surface area contributed by atoms with Crippen molar-refractivity contribution < 1.29 is 41.1 Å². The predicted octanol–water partition coefficient (Wildman–Crippen LogP) is 5.73. The summed E-state index contributed by atoms with van der Waals surface area (Å²) in [6.07, 6.45) is 7.10. The molecule has 3 aliphatic heterocycles. The molecule has 0 unspecified atom stereocenters. The number of hydrogen-bond donors (Lipinski definition) is 1. The number of amides is 3. The zero-order valence-electron chi connectivity index (χ0n) is 29.3. The molecule has 7 rings (SSSR count). The molecular weight excluding hydrogens is 693 g/mol. The van der Waals surface area contributed by atoms with Crippen molar-refractivity contribution in [2.75, 3.05) is 6.54 Å². The highest BCUT2D eigenvalue weighted by Crippen LogP contribution is 2.57. The van der Waals surface area contributed by atoms with E-state index in [1.54, 1.807) is 31.2 Å². The standard InChI is InChI=1S/C39H45F2N3O7S/c1-38(15-16-38)52(49,50)42-36(47)39-20-28(39)12-6-4-2-3-5-10-26(17-25-9-7-13-29(40)18-25)35(46)44-23-30(19-33(44)34(45)21-39)51-37(48)43-22-27-11-8-14-32(41)31(27)24-43/h6-9,11-14,18,26,28,30,33H,2-5,10,15-17,19-24H2,1H3,(H,42,47)/b12-6-/t26-,28+,30-,33+,39-/m1/s1. The first-order chi connectivity index (χ1) is 24.8. The Bertz CT molecular complexity index is 1910. The Morgan fingerprint density at radius 1 is 1.04 bits per heavy atom. The van der Waals surface area contributed by atoms with Gasteiger partial charge in [0.1, 0.15) is 17.7 Å². The Kier molecular flexibility index (Phi) is 9.77. The monoisotopic (exact) mass is 737 g/mol. The van der Waals surface area contributed by atoms with Crippen molar-refractivity contribution in [3.05, 3.63) is 82.9 Å². The zero-order chi connectivity index (χ0) is 36.8. The number of Topliss-reactive ketones (excluding diaryl/α,β-unsaturated/α-hetero) is 1. The lowest BCUT2D eigenvalue weighted by Crippen LogP contribution is -2.47. The van der Waals surface area contributed by atoms with Gasteiger partial charge in [0.2, 0.25) is 21.8 Å². The van der Waals surface area contributed by atoms with Crippen LogP contribution in [0.3, 0.4) is 0 Å². The van der Waals surface area contributed by atoms with Crippen LogP contribution < -0.4 is 4.72 Å². The van der Waals surface area contributed by atoms with Gasteiger partial charge in [0, 0.05) is 30.9 Å². The molecule has 3 amide bonds. The molecule has 13 heteroatoms. The van der Waals surface area contributed by atoms with E-state index in [2.05, 4.69) is 4.72 Å². The molecular formula is C39H45F2N3O7S. The minimum absolute atomic E-state index is 0.00722. The summed E-state index contributed by atoms with van der Waals surface area (Å²) in [5, 5.41) is 0. The number of ketones is 1. The van der Waals surface area contributed by atoms with Gasteiger partial charge < -0.3 is 9.64 Å². The first-order valence-corrected chi connectivity index (χ1v) is 19.8. The van der Waals surface area contributed by atoms with Gasteiger partial charge in [-0.3, -0.25) is 24.0 Å². The van der Waals surface area contributed by atoms with Crippen molar-refractivity contribution >= 4 is 33.7 Å². The van der Waals surface area contributed by atoms with Gasteiger partial charge in [-0.25, -0.2) is 22.0 Å². The van der Waals surface area contributed by atoms with Crippen LogP contribution in [0.2, 0.25) is 0 Å². The number of hydrogen-bond acceptors (Lipinski definition) is 7. The number of allylic oxidation sites excluding steroid dienone is 2. The van der Waals surface area contributed by atoms with E-state index in [0.717, 1.165) is 25.7 Å². The summed E-state index contributed by atoms with van der Waals surface area (Å²) in [7, 11) is -3.96. The number of benzene rings is 2. The fourth-order valence-corrected chi connectivity index (χ4v) is 9.43. The van der Waals surface area contributed by atoms with Gasteiger partial charge in [-0.05, 0) is 87.1 Å². The second kappa shape index (κ2) is 14.0. The van der Waals surface area contributed by atoms with Gasteiger partial charge in [-0.1, -0.05) is 49.3 Å². The Hall–Kier alpha value is -4.13. The first-order valence-electron chi connectivity index (χ1n) is 18.3. The smallest absolute Gasteiger partial charge is 0.410 e. The van der Waals surface area contributed by atoms with Crippen LogP contribution in [-0.2, 0) is 48.7 Å². The van der Waals surface area contributed by atoms with E-state index < -0.39 is 67.7 Å². The molecule has 0 aromatic heterocycles. The Labute approximate surface area is 303 Å². The number of rotatable bonds is 6. The maximum atomic E-state index is 14.5. The maximum Gasteiger partial charge on any atom is 0.410 e. The first kappa shape index (κ1) is 36.2. The highest BCUT2D eigenvalue weighted by atomic mass is 32.2. The van der Waals surface area contributed by atoms with Crippen LogP contribution in [0, 0.1) is 28.9 Å². The molecule has 0 bridgehead atoms. The largest absolute Gasteiger partial charge is 0.444 e. The van der Waals surface area contributed by atoms with Crippen LogP contribution in [0.5, 0.6) is 0 Å². The minimum atomic E-state index is -3.96. The third-order valence-electron chi connectivity index (χ3n) is 11.8. The number of nitrogens with one attached hydrogen (secondary N) is 1. The van der Waals surface area contributed by atoms with Gasteiger partial charge in [0.05, 0.1) is 29.3 Å². The fourth-order valence-electron chi connectivity index (χ4n) is 8.10. The average Bonchev–Trinajstić information content (AvgIpc) is 3.89. The van der Waals surface area contributed by atoms with E-state index in [1.807, 2.05) is 12.2 Å². The van der Waals surface area contributed by atoms with E-state index in [4.69, 9.17) is 4.74 Å². The summed E-state index contributed by atoms with van der Waals surface area (Å²) in [6, 6.07) is 9.71. The maximum absolute atomic E-state index is 14.5. The molecule has 278 valence electrons. The second-order valence-corrected chi connectivity index (χ2v) is 17.8. The van der Waals surface area contributed by atoms with Crippen molar-refractivity contribution in [3.8, 4) is 0 Å². The van der Waals surface area contributed by atoms with Crippen LogP contribution in [0.25, 0.3) is 0 Å². The molecule has 0 radical (unpaired) electrons. The topological polar surface area (TPSA) is 130 Å². The van der Waals surface area contributed by atoms with Crippen LogP contribution >= 0.6 is 0 Å². The van der Waals surface area contributed by atoms with Crippen molar-refractivity contribution in [1.82, 2.24) is 14.5 Å². The van der Waals surface area contributed by atoms with E-state index in [9.17, 15) is 36.4 Å². The molecule has 3 heterocycles. The third kappa shape index (κ3) is 7.25. The third-order valence-corrected chi connectivity index (χ3v) is 13.9. The van der Waals surface area contributed by atoms with Gasteiger partial charge in [-0.2, -0.15) is 0 Å². The molecule has 52 heavy (non-hydrogen) atoms. The Morgan fingerprint density at radius 3 is 2.58 bits per heavy atom. The number of sulfonamides is 1. The number of ether oxygens (including phenoxy) is 1. The molecule has 2 aliphatic carbocycles. The number of carbonyl (C=O) groups excluding carboxylic acids is 4. The number of halogens is 2. The lowest BCUT2D eigenvalue weighted by Gasteiger charge is -2.29. The Morgan fingerprint density at radius 2 is 1.83 bits per heavy atom. The van der Waals surface area contributed by atoms with Crippen molar-refractivity contribution in [1.29, 1.82) is 0 Å². The van der Waals surface area contributed by atoms with Gasteiger partial charge in [0.15, 0.2) is 5.78 Å². The number of fused-ring (bicyclic) bond motifs is 3. The lowest BCUT2D eigenvalue weighted by atomic mass is 9.90. The zero-order valence-corrected chi connectivity index (χ0v) is 30.1. The normalized spacial score (nSPS) is 29.2. The predicted molar refractivity (Wildman–Crippen MR) is 187 cm³/mol. The molecule has 1 saturated heterocycles. The van der Waals surface area contributed by atoms with Gasteiger partial charge in [-0.15, -0.1) is 0 Å². The van der Waals surface area contributed by atoms with E-state index in [0.29, 0.717) is 42.4 Å². The van der Waals surface area contributed by atoms with Crippen LogP contribution in [0.4, 0.5) is 13.6 Å². The fraction of sp³-hybridized carbons (Fsp3) is 0.538. The molecule has 0 spiro atoms. The lowest BCUT2D eigenvalue weighted by molar-refractivity contribution is -0.142. The SMILES string of the molecule is CC1(S(=O)(=O)NC(=O)[C@]23CC(=O)[C@@H]4C[C@@H](OC(=O)N5Cc6cccc(F)c6C5)CN4C(=O)[C@@H](Cc4cccc(F)c4)CCCCC/C=C\[C@H]2C3)CC1. The molecule has 3 fully saturated rings. The quantitative estimate of drug-likeness (QED) is 0.375. The van der Waals surface area contributed by atoms with E-state index in [1.165, 1.54) is 28.0 Å². The van der Waals surface area contributed by atoms with Crippen molar-refractivity contribution in [2.45, 2.75) is 108 Å². The van der Waals surface area contributed by atoms with Gasteiger partial charge >= 0.3 is 6.09 Å². The second-order valence-electron chi connectivity index (χ2n) is 15.6. The van der Waals surface area contributed by atoms with Crippen LogP contribution in [-0.4, -0.2) is 65.3 Å². The summed E-state index contributed by atoms with van der Waals surface area (Å²) in [5.74, 6) is -3.20. The number of nitrogens with zero attached hydrogens (tertiary/aromatic N) is 2. The Balaban J connectivity index is 1.15. The highest BCUT2D eigenvalue weighted by molar-refractivity contribution is 7.91. The van der Waals surface area contributed by atoms with Crippen molar-refractivity contribution in [3.63, 3.8) is 0 Å². The number of carbonyl (C=O) groups is 4. The summed E-state index contributed by atoms with van der Waals surface area (Å²) in [6.45, 7) is 1.72. The van der Waals surface area contributed by atoms with E-state index in [-0.39, 0.29) is 50.7 Å². The molecule has 2 aromatic carbocycles. The van der Waals surface area contributed by atoms with Crippen LogP contribution in [0.1, 0.15) is 87.8 Å². The van der Waals surface area contributed by atoms with E-state index >= 15 is 0 Å². The highest BCUT2D eigenvalue weighted by Gasteiger charge is 2.62. The minimum Gasteiger partial charge on any atom is -0.444 e. The average molecular weight is 738 g/mol. The summed E-state index contributed by atoms with van der Waals surface area (Å²) in [5.41, 5.74) is 0.448. The molecule has 5 aliphatic rings. The van der Waals surface area contributed by atoms with Crippen LogP contribution in [0.15, 0.2) is 54.6 Å². The summed E-state index contributed by atoms with van der Waals surface area (Å²) >= 11 is 0. The summed E-state index contributed by atoms with van der Waals surface area (Å²) in [4.78, 5) is 58.9. The molecule has 2 aromatic rings. The molecule has 2 saturated carbocycles.